The van der Waals surface area contributed by atoms with Crippen molar-refractivity contribution in [2.75, 3.05) is 0 Å². The van der Waals surface area contributed by atoms with Gasteiger partial charge in [0.1, 0.15) is 0 Å². The number of aromatic amines is 2. The molecule has 20 heavy (non-hydrogen) atoms. The second-order valence-electron chi connectivity index (χ2n) is 4.39. The van der Waals surface area contributed by atoms with E-state index in [-0.39, 0.29) is 5.56 Å². The SMILES string of the molecule is O=c1[nH]c(-c2ccccc2)c(-c2ccccc2)c(=O)[nH]1. The summed E-state index contributed by atoms with van der Waals surface area (Å²) in [5.41, 5.74) is 1.67. The average molecular weight is 264 g/mol. The molecule has 0 atom stereocenters. The van der Waals surface area contributed by atoms with Gasteiger partial charge in [0.15, 0.2) is 0 Å². The fourth-order valence-electron chi connectivity index (χ4n) is 2.19. The van der Waals surface area contributed by atoms with Gasteiger partial charge in [0.05, 0.1) is 11.3 Å². The molecular formula is C16H12N2O2. The van der Waals surface area contributed by atoms with E-state index in [1.807, 2.05) is 60.7 Å². The maximum absolute atomic E-state index is 12.2. The van der Waals surface area contributed by atoms with Crippen molar-refractivity contribution >= 4 is 0 Å². The highest BCUT2D eigenvalue weighted by molar-refractivity contribution is 5.79. The molecule has 0 aliphatic carbocycles. The van der Waals surface area contributed by atoms with Crippen LogP contribution in [0.25, 0.3) is 22.4 Å². The molecule has 0 amide bonds. The van der Waals surface area contributed by atoms with Crippen molar-refractivity contribution in [1.29, 1.82) is 0 Å². The molecule has 2 aromatic carbocycles. The van der Waals surface area contributed by atoms with Crippen LogP contribution in [0.4, 0.5) is 0 Å². The Morgan fingerprint density at radius 2 is 1.20 bits per heavy atom. The van der Waals surface area contributed by atoms with Gasteiger partial charge in [-0.15, -0.1) is 0 Å². The maximum atomic E-state index is 12.2. The number of aromatic nitrogens is 2. The zero-order valence-corrected chi connectivity index (χ0v) is 10.6. The highest BCUT2D eigenvalue weighted by atomic mass is 16.2. The Labute approximate surface area is 114 Å². The quantitative estimate of drug-likeness (QED) is 0.746. The molecule has 0 aliphatic heterocycles. The van der Waals surface area contributed by atoms with E-state index in [1.54, 1.807) is 0 Å². The van der Waals surface area contributed by atoms with E-state index in [9.17, 15) is 9.59 Å². The van der Waals surface area contributed by atoms with E-state index >= 15 is 0 Å². The molecule has 0 saturated carbocycles. The summed E-state index contributed by atoms with van der Waals surface area (Å²) >= 11 is 0. The fraction of sp³-hybridized carbons (Fsp3) is 0. The van der Waals surface area contributed by atoms with Crippen LogP contribution in [0, 0.1) is 0 Å². The average Bonchev–Trinajstić information content (AvgIpc) is 2.48. The van der Waals surface area contributed by atoms with E-state index in [0.717, 1.165) is 11.1 Å². The summed E-state index contributed by atoms with van der Waals surface area (Å²) < 4.78 is 0. The summed E-state index contributed by atoms with van der Waals surface area (Å²) in [6.07, 6.45) is 0. The number of rotatable bonds is 2. The zero-order chi connectivity index (χ0) is 13.9. The predicted octanol–water partition coefficient (Wildman–Crippen LogP) is 2.40. The molecule has 0 bridgehead atoms. The van der Waals surface area contributed by atoms with Crippen molar-refractivity contribution in [2.24, 2.45) is 0 Å². The second kappa shape index (κ2) is 5.01. The fourth-order valence-corrected chi connectivity index (χ4v) is 2.19. The minimum atomic E-state index is -0.506. The zero-order valence-electron chi connectivity index (χ0n) is 10.6. The van der Waals surface area contributed by atoms with E-state index in [0.29, 0.717) is 11.3 Å². The Hall–Kier alpha value is -2.88. The van der Waals surface area contributed by atoms with E-state index < -0.39 is 5.69 Å². The molecule has 3 aromatic rings. The van der Waals surface area contributed by atoms with Crippen molar-refractivity contribution in [3.05, 3.63) is 81.5 Å². The van der Waals surface area contributed by atoms with E-state index in [2.05, 4.69) is 9.97 Å². The molecule has 2 N–H and O–H groups in total. The van der Waals surface area contributed by atoms with Crippen LogP contribution < -0.4 is 11.2 Å². The number of benzene rings is 2. The number of hydrogen-bond acceptors (Lipinski definition) is 2. The van der Waals surface area contributed by atoms with Gasteiger partial charge in [-0.3, -0.25) is 9.78 Å². The first-order chi connectivity index (χ1) is 9.75. The van der Waals surface area contributed by atoms with Crippen LogP contribution in [0.5, 0.6) is 0 Å². The molecule has 0 spiro atoms. The van der Waals surface area contributed by atoms with Crippen LogP contribution in [-0.4, -0.2) is 9.97 Å². The van der Waals surface area contributed by atoms with Gasteiger partial charge in [-0.05, 0) is 11.1 Å². The molecular weight excluding hydrogens is 252 g/mol. The van der Waals surface area contributed by atoms with Crippen LogP contribution in [-0.2, 0) is 0 Å². The van der Waals surface area contributed by atoms with Gasteiger partial charge in [-0.2, -0.15) is 0 Å². The molecule has 98 valence electrons. The highest BCUT2D eigenvalue weighted by Crippen LogP contribution is 2.25. The van der Waals surface area contributed by atoms with Crippen LogP contribution in [0.3, 0.4) is 0 Å². The Balaban J connectivity index is 2.35. The van der Waals surface area contributed by atoms with Crippen molar-refractivity contribution in [2.45, 2.75) is 0 Å². The minimum absolute atomic E-state index is 0.390. The topological polar surface area (TPSA) is 65.7 Å². The first-order valence-corrected chi connectivity index (χ1v) is 6.23. The maximum Gasteiger partial charge on any atom is 0.326 e. The lowest BCUT2D eigenvalue weighted by Crippen LogP contribution is -2.24. The monoisotopic (exact) mass is 264 g/mol. The molecule has 4 heteroatoms. The van der Waals surface area contributed by atoms with Gasteiger partial charge in [-0.25, -0.2) is 4.79 Å². The summed E-state index contributed by atoms with van der Waals surface area (Å²) in [7, 11) is 0. The largest absolute Gasteiger partial charge is 0.326 e. The van der Waals surface area contributed by atoms with Gasteiger partial charge in [-0.1, -0.05) is 60.7 Å². The molecule has 0 radical (unpaired) electrons. The lowest BCUT2D eigenvalue weighted by atomic mass is 10.0. The smallest absolute Gasteiger partial charge is 0.306 e. The third kappa shape index (κ3) is 2.19. The first kappa shape index (κ1) is 12.2. The summed E-state index contributed by atoms with van der Waals surface area (Å²) in [6.45, 7) is 0. The summed E-state index contributed by atoms with van der Waals surface area (Å²) in [4.78, 5) is 28.7. The molecule has 3 rings (SSSR count). The lowest BCUT2D eigenvalue weighted by Gasteiger charge is -2.08. The molecule has 1 aromatic heterocycles. The third-order valence-corrected chi connectivity index (χ3v) is 3.07. The third-order valence-electron chi connectivity index (χ3n) is 3.07. The van der Waals surface area contributed by atoms with Gasteiger partial charge < -0.3 is 4.98 Å². The lowest BCUT2D eigenvalue weighted by molar-refractivity contribution is 1.05. The van der Waals surface area contributed by atoms with Gasteiger partial charge >= 0.3 is 5.69 Å². The Morgan fingerprint density at radius 3 is 1.80 bits per heavy atom. The van der Waals surface area contributed by atoms with Crippen LogP contribution >= 0.6 is 0 Å². The second-order valence-corrected chi connectivity index (χ2v) is 4.39. The van der Waals surface area contributed by atoms with Crippen molar-refractivity contribution in [1.82, 2.24) is 9.97 Å². The highest BCUT2D eigenvalue weighted by Gasteiger charge is 2.12. The number of nitrogens with one attached hydrogen (secondary N) is 2. The predicted molar refractivity (Wildman–Crippen MR) is 78.6 cm³/mol. The van der Waals surface area contributed by atoms with Gasteiger partial charge in [0.2, 0.25) is 0 Å². The Morgan fingerprint density at radius 1 is 0.650 bits per heavy atom. The van der Waals surface area contributed by atoms with Crippen LogP contribution in [0.15, 0.2) is 70.3 Å². The Kier molecular flexibility index (Phi) is 3.05. The molecule has 1 heterocycles. The molecule has 0 saturated heterocycles. The normalized spacial score (nSPS) is 10.4. The standard InChI is InChI=1S/C16H12N2O2/c19-15-13(11-7-3-1-4-8-11)14(17-16(20)18-15)12-9-5-2-6-10-12/h1-10H,(H2,17,18,19,20). The van der Waals surface area contributed by atoms with Crippen molar-refractivity contribution < 1.29 is 0 Å². The van der Waals surface area contributed by atoms with E-state index in [4.69, 9.17) is 0 Å². The molecule has 0 unspecified atom stereocenters. The molecule has 0 fully saturated rings. The van der Waals surface area contributed by atoms with Gasteiger partial charge in [0.25, 0.3) is 5.56 Å². The van der Waals surface area contributed by atoms with Crippen molar-refractivity contribution in [3.63, 3.8) is 0 Å². The van der Waals surface area contributed by atoms with Crippen LogP contribution in [0.1, 0.15) is 0 Å². The first-order valence-electron chi connectivity index (χ1n) is 6.23. The summed E-state index contributed by atoms with van der Waals surface area (Å²) in [6, 6.07) is 18.6. The number of H-pyrrole nitrogens is 2. The van der Waals surface area contributed by atoms with Crippen LogP contribution in [0.2, 0.25) is 0 Å². The summed E-state index contributed by atoms with van der Waals surface area (Å²) in [5.74, 6) is 0. The summed E-state index contributed by atoms with van der Waals surface area (Å²) in [5, 5.41) is 0. The Bertz CT molecular complexity index is 834. The molecule has 0 aliphatic rings. The van der Waals surface area contributed by atoms with E-state index in [1.165, 1.54) is 0 Å². The molecule has 4 nitrogen and oxygen atoms in total. The van der Waals surface area contributed by atoms with Crippen molar-refractivity contribution in [3.8, 4) is 22.4 Å². The van der Waals surface area contributed by atoms with Gasteiger partial charge in [0, 0.05) is 0 Å². The number of hydrogen-bond donors (Lipinski definition) is 2. The minimum Gasteiger partial charge on any atom is -0.306 e.